The molecule has 0 radical (unpaired) electrons. The first kappa shape index (κ1) is 12.4. The van der Waals surface area contributed by atoms with Crippen molar-refractivity contribution in [1.82, 2.24) is 4.90 Å². The number of benzene rings is 1. The molecular formula is C13H20N2O2. The predicted molar refractivity (Wildman–Crippen MR) is 68.1 cm³/mol. The Hall–Kier alpha value is -1.10. The zero-order valence-corrected chi connectivity index (χ0v) is 10.0. The van der Waals surface area contributed by atoms with E-state index in [0.29, 0.717) is 13.1 Å². The minimum absolute atomic E-state index is 0.127. The summed E-state index contributed by atoms with van der Waals surface area (Å²) < 4.78 is 0. The average Bonchev–Trinajstić information content (AvgIpc) is 2.79. The molecule has 0 bridgehead atoms. The van der Waals surface area contributed by atoms with Crippen LogP contribution in [0.25, 0.3) is 0 Å². The second-order valence-corrected chi connectivity index (χ2v) is 4.35. The molecule has 1 heterocycles. The Bertz CT molecular complexity index is 362. The summed E-state index contributed by atoms with van der Waals surface area (Å²) in [6.45, 7) is 3.24. The molecular weight excluding hydrogens is 216 g/mol. The molecule has 0 unspecified atom stereocenters. The van der Waals surface area contributed by atoms with Crippen molar-refractivity contribution in [3.63, 3.8) is 0 Å². The van der Waals surface area contributed by atoms with Crippen LogP contribution in [0.1, 0.15) is 11.1 Å². The maximum atomic E-state index is 9.00. The lowest BCUT2D eigenvalue weighted by Crippen LogP contribution is -2.29. The minimum Gasteiger partial charge on any atom is -0.395 e. The van der Waals surface area contributed by atoms with Crippen molar-refractivity contribution in [2.75, 3.05) is 38.2 Å². The van der Waals surface area contributed by atoms with Crippen LogP contribution in [-0.2, 0) is 13.0 Å². The van der Waals surface area contributed by atoms with Gasteiger partial charge in [-0.15, -0.1) is 0 Å². The molecule has 1 aromatic rings. The van der Waals surface area contributed by atoms with Gasteiger partial charge in [0.05, 0.1) is 13.2 Å². The Morgan fingerprint density at radius 1 is 1.18 bits per heavy atom. The largest absolute Gasteiger partial charge is 0.395 e. The fourth-order valence-corrected chi connectivity index (χ4v) is 2.34. The maximum absolute atomic E-state index is 9.00. The van der Waals surface area contributed by atoms with Gasteiger partial charge in [0.1, 0.15) is 0 Å². The predicted octanol–water partition coefficient (Wildman–Crippen LogP) is 0.441. The summed E-state index contributed by atoms with van der Waals surface area (Å²) in [5.41, 5.74) is 3.87. The van der Waals surface area contributed by atoms with Crippen LogP contribution in [0.4, 0.5) is 5.69 Å². The molecule has 2 rings (SSSR count). The highest BCUT2D eigenvalue weighted by molar-refractivity contribution is 5.61. The van der Waals surface area contributed by atoms with Crippen LogP contribution in [0.2, 0.25) is 0 Å². The average molecular weight is 236 g/mol. The van der Waals surface area contributed by atoms with Crippen LogP contribution in [0.5, 0.6) is 0 Å². The van der Waals surface area contributed by atoms with E-state index in [1.165, 1.54) is 16.8 Å². The number of hydrogen-bond acceptors (Lipinski definition) is 4. The number of fused-ring (bicyclic) bond motifs is 1. The van der Waals surface area contributed by atoms with Gasteiger partial charge in [0.25, 0.3) is 0 Å². The molecule has 0 spiro atoms. The van der Waals surface area contributed by atoms with E-state index in [0.717, 1.165) is 19.5 Å². The number of rotatable bonds is 6. The van der Waals surface area contributed by atoms with Crippen LogP contribution in [0.15, 0.2) is 18.2 Å². The maximum Gasteiger partial charge on any atom is 0.0558 e. The van der Waals surface area contributed by atoms with Gasteiger partial charge in [0, 0.05) is 31.9 Å². The van der Waals surface area contributed by atoms with E-state index < -0.39 is 0 Å². The van der Waals surface area contributed by atoms with Gasteiger partial charge in [-0.05, 0) is 17.5 Å². The molecule has 0 aromatic heterocycles. The van der Waals surface area contributed by atoms with E-state index >= 15 is 0 Å². The summed E-state index contributed by atoms with van der Waals surface area (Å²) in [6, 6.07) is 6.34. The first-order valence-corrected chi connectivity index (χ1v) is 6.14. The zero-order valence-electron chi connectivity index (χ0n) is 10.0. The number of anilines is 1. The number of nitrogens with one attached hydrogen (secondary N) is 1. The molecule has 0 atom stereocenters. The molecule has 1 aromatic carbocycles. The second kappa shape index (κ2) is 6.00. The number of aliphatic hydroxyl groups excluding tert-OH is 2. The molecule has 0 aliphatic carbocycles. The Morgan fingerprint density at radius 2 is 1.94 bits per heavy atom. The van der Waals surface area contributed by atoms with Gasteiger partial charge in [0.15, 0.2) is 0 Å². The normalized spacial score (nSPS) is 13.8. The Morgan fingerprint density at radius 3 is 2.65 bits per heavy atom. The van der Waals surface area contributed by atoms with Crippen LogP contribution in [-0.4, -0.2) is 48.0 Å². The number of aliphatic hydroxyl groups is 2. The molecule has 0 saturated carbocycles. The van der Waals surface area contributed by atoms with Gasteiger partial charge in [-0.3, -0.25) is 4.90 Å². The van der Waals surface area contributed by atoms with Crippen molar-refractivity contribution in [3.8, 4) is 0 Å². The number of para-hydroxylation sites is 1. The number of nitrogens with zero attached hydrogens (tertiary/aromatic N) is 1. The van der Waals surface area contributed by atoms with Crippen molar-refractivity contribution < 1.29 is 10.2 Å². The molecule has 17 heavy (non-hydrogen) atoms. The topological polar surface area (TPSA) is 55.7 Å². The second-order valence-electron chi connectivity index (χ2n) is 4.35. The molecule has 94 valence electrons. The summed E-state index contributed by atoms with van der Waals surface area (Å²) in [4.78, 5) is 2.07. The Labute approximate surface area is 102 Å². The molecule has 4 heteroatoms. The van der Waals surface area contributed by atoms with Gasteiger partial charge >= 0.3 is 0 Å². The third-order valence-electron chi connectivity index (χ3n) is 3.16. The monoisotopic (exact) mass is 236 g/mol. The zero-order chi connectivity index (χ0) is 12.1. The van der Waals surface area contributed by atoms with Crippen LogP contribution >= 0.6 is 0 Å². The summed E-state index contributed by atoms with van der Waals surface area (Å²) in [5, 5.41) is 21.4. The molecule has 0 amide bonds. The van der Waals surface area contributed by atoms with Crippen molar-refractivity contribution in [1.29, 1.82) is 0 Å². The van der Waals surface area contributed by atoms with Gasteiger partial charge < -0.3 is 15.5 Å². The van der Waals surface area contributed by atoms with E-state index in [1.54, 1.807) is 0 Å². The van der Waals surface area contributed by atoms with Crippen LogP contribution in [0.3, 0.4) is 0 Å². The van der Waals surface area contributed by atoms with E-state index in [-0.39, 0.29) is 13.2 Å². The lowest BCUT2D eigenvalue weighted by atomic mass is 10.1. The van der Waals surface area contributed by atoms with Crippen LogP contribution in [0, 0.1) is 0 Å². The van der Waals surface area contributed by atoms with E-state index in [9.17, 15) is 0 Å². The molecule has 3 N–H and O–H groups in total. The number of hydrogen-bond donors (Lipinski definition) is 3. The fourth-order valence-electron chi connectivity index (χ4n) is 2.34. The highest BCUT2D eigenvalue weighted by atomic mass is 16.3. The quantitative estimate of drug-likeness (QED) is 0.671. The highest BCUT2D eigenvalue weighted by Gasteiger charge is 2.15. The Balaban J connectivity index is 2.09. The van der Waals surface area contributed by atoms with Gasteiger partial charge in [-0.25, -0.2) is 0 Å². The van der Waals surface area contributed by atoms with Crippen molar-refractivity contribution in [2.24, 2.45) is 0 Å². The third kappa shape index (κ3) is 2.97. The van der Waals surface area contributed by atoms with E-state index in [4.69, 9.17) is 10.2 Å². The first-order valence-electron chi connectivity index (χ1n) is 6.14. The lowest BCUT2D eigenvalue weighted by molar-refractivity contribution is 0.156. The van der Waals surface area contributed by atoms with Gasteiger partial charge in [-0.2, -0.15) is 0 Å². The van der Waals surface area contributed by atoms with E-state index in [1.807, 2.05) is 0 Å². The standard InChI is InChI=1S/C13H20N2O2/c16-8-6-15(7-9-17)10-12-3-1-2-11-4-5-14-13(11)12/h1-3,14,16-17H,4-10H2. The SMILES string of the molecule is OCCN(CCO)Cc1cccc2c1NCC2. The summed E-state index contributed by atoms with van der Waals surface area (Å²) in [6.07, 6.45) is 1.09. The lowest BCUT2D eigenvalue weighted by Gasteiger charge is -2.21. The van der Waals surface area contributed by atoms with Gasteiger partial charge in [0.2, 0.25) is 0 Å². The fraction of sp³-hybridized carbons (Fsp3) is 0.538. The van der Waals surface area contributed by atoms with Crippen molar-refractivity contribution >= 4 is 5.69 Å². The minimum atomic E-state index is 0.127. The molecule has 0 fully saturated rings. The smallest absolute Gasteiger partial charge is 0.0558 e. The van der Waals surface area contributed by atoms with Gasteiger partial charge in [-0.1, -0.05) is 18.2 Å². The highest BCUT2D eigenvalue weighted by Crippen LogP contribution is 2.27. The van der Waals surface area contributed by atoms with E-state index in [2.05, 4.69) is 28.4 Å². The van der Waals surface area contributed by atoms with Crippen LogP contribution < -0.4 is 5.32 Å². The third-order valence-corrected chi connectivity index (χ3v) is 3.16. The summed E-state index contributed by atoms with van der Waals surface area (Å²) >= 11 is 0. The van der Waals surface area contributed by atoms with Crippen molar-refractivity contribution in [3.05, 3.63) is 29.3 Å². The molecule has 1 aliphatic heterocycles. The summed E-state index contributed by atoms with van der Waals surface area (Å²) in [7, 11) is 0. The molecule has 4 nitrogen and oxygen atoms in total. The van der Waals surface area contributed by atoms with Crippen molar-refractivity contribution in [2.45, 2.75) is 13.0 Å². The molecule has 1 aliphatic rings. The Kier molecular flexibility index (Phi) is 4.36. The first-order chi connectivity index (χ1) is 8.35. The molecule has 0 saturated heterocycles. The summed E-state index contributed by atoms with van der Waals surface area (Å²) in [5.74, 6) is 0.